The van der Waals surface area contributed by atoms with Crippen molar-refractivity contribution >= 4 is 18.2 Å². The van der Waals surface area contributed by atoms with Crippen LogP contribution in [0.3, 0.4) is 0 Å². The Hall–Kier alpha value is -2.49. The third kappa shape index (κ3) is 2.86. The fraction of sp³-hybridized carbons (Fsp3) is 0.667. The zero-order valence-corrected chi connectivity index (χ0v) is 14.0. The minimum absolute atomic E-state index is 0.100. The van der Waals surface area contributed by atoms with E-state index < -0.39 is 36.0 Å². The molecule has 1 N–H and O–H groups in total. The molecule has 5 atom stereocenters. The lowest BCUT2D eigenvalue weighted by Crippen LogP contribution is -2.47. The van der Waals surface area contributed by atoms with Crippen LogP contribution in [-0.4, -0.2) is 64.1 Å². The molecular formula is C15H19NO9. The first-order valence-corrected chi connectivity index (χ1v) is 7.67. The van der Waals surface area contributed by atoms with Crippen LogP contribution in [-0.2, 0) is 33.2 Å². The molecule has 2 aliphatic heterocycles. The molecule has 1 saturated carbocycles. The molecule has 1 amide bonds. The number of alkyl carbamates (subject to hydrolysis) is 1. The van der Waals surface area contributed by atoms with E-state index >= 15 is 0 Å². The highest BCUT2D eigenvalue weighted by atomic mass is 16.7. The minimum atomic E-state index is -0.993. The molecule has 2 heterocycles. The van der Waals surface area contributed by atoms with Crippen LogP contribution in [0, 0.1) is 11.8 Å². The molecule has 10 heteroatoms. The molecule has 2 fully saturated rings. The summed E-state index contributed by atoms with van der Waals surface area (Å²) in [6, 6.07) is 0. The van der Waals surface area contributed by atoms with Gasteiger partial charge in [-0.1, -0.05) is 0 Å². The maximum Gasteiger partial charge on any atom is 0.508 e. The lowest BCUT2D eigenvalue weighted by atomic mass is 9.81. The zero-order valence-electron chi connectivity index (χ0n) is 14.0. The summed E-state index contributed by atoms with van der Waals surface area (Å²) in [5.74, 6) is -1.37. The SMILES string of the molecule is CNC(=O)OC1OC=C(C(=O)OC)C2CC3OC3(COC(=O)OC)C12. The number of ether oxygens (including phenoxy) is 6. The van der Waals surface area contributed by atoms with Crippen LogP contribution in [0.25, 0.3) is 0 Å². The monoisotopic (exact) mass is 357 g/mol. The second kappa shape index (κ2) is 6.43. The third-order valence-corrected chi connectivity index (χ3v) is 4.77. The second-order valence-electron chi connectivity index (χ2n) is 5.90. The largest absolute Gasteiger partial charge is 0.508 e. The number of rotatable bonds is 4. The first-order valence-electron chi connectivity index (χ1n) is 7.67. The predicted molar refractivity (Wildman–Crippen MR) is 78.1 cm³/mol. The summed E-state index contributed by atoms with van der Waals surface area (Å²) in [4.78, 5) is 34.9. The average Bonchev–Trinajstić information content (AvgIpc) is 3.23. The van der Waals surface area contributed by atoms with Gasteiger partial charge in [0, 0.05) is 13.0 Å². The predicted octanol–water partition coefficient (Wildman–Crippen LogP) is 0.312. The van der Waals surface area contributed by atoms with Gasteiger partial charge in [0.25, 0.3) is 6.29 Å². The zero-order chi connectivity index (χ0) is 18.2. The van der Waals surface area contributed by atoms with Crippen molar-refractivity contribution in [1.82, 2.24) is 5.32 Å². The van der Waals surface area contributed by atoms with Gasteiger partial charge in [0.05, 0.1) is 38.1 Å². The summed E-state index contributed by atoms with van der Waals surface area (Å²) in [5.41, 5.74) is -0.567. The highest BCUT2D eigenvalue weighted by Gasteiger charge is 2.74. The van der Waals surface area contributed by atoms with Crippen LogP contribution < -0.4 is 5.32 Å². The fourth-order valence-electron chi connectivity index (χ4n) is 3.58. The summed E-state index contributed by atoms with van der Waals surface area (Å²) in [6.45, 7) is -0.100. The molecule has 1 aliphatic carbocycles. The molecule has 138 valence electrons. The Morgan fingerprint density at radius 3 is 2.72 bits per heavy atom. The number of hydrogen-bond acceptors (Lipinski definition) is 9. The van der Waals surface area contributed by atoms with Crippen LogP contribution in [0.15, 0.2) is 11.8 Å². The quantitative estimate of drug-likeness (QED) is 0.430. The first-order chi connectivity index (χ1) is 12.0. The van der Waals surface area contributed by atoms with Crippen molar-refractivity contribution in [2.24, 2.45) is 11.8 Å². The van der Waals surface area contributed by atoms with Crippen molar-refractivity contribution in [2.75, 3.05) is 27.9 Å². The number of amides is 1. The number of methoxy groups -OCH3 is 2. The highest BCUT2D eigenvalue weighted by Crippen LogP contribution is 2.61. The number of epoxide rings is 1. The number of carbonyl (C=O) groups excluding carboxylic acids is 3. The number of hydrogen-bond donors (Lipinski definition) is 1. The molecule has 5 unspecified atom stereocenters. The van der Waals surface area contributed by atoms with E-state index in [2.05, 4.69) is 10.1 Å². The summed E-state index contributed by atoms with van der Waals surface area (Å²) >= 11 is 0. The average molecular weight is 357 g/mol. The molecule has 0 aromatic carbocycles. The summed E-state index contributed by atoms with van der Waals surface area (Å²) in [5, 5.41) is 2.34. The first kappa shape index (κ1) is 17.3. The maximum absolute atomic E-state index is 12.0. The number of fused-ring (bicyclic) bond motifs is 3. The van der Waals surface area contributed by atoms with Crippen LogP contribution in [0.4, 0.5) is 9.59 Å². The molecule has 0 aromatic heterocycles. The molecule has 3 rings (SSSR count). The minimum Gasteiger partial charge on any atom is -0.466 e. The molecule has 0 radical (unpaired) electrons. The van der Waals surface area contributed by atoms with E-state index in [1.54, 1.807) is 0 Å². The van der Waals surface area contributed by atoms with Crippen molar-refractivity contribution in [3.05, 3.63) is 11.8 Å². The molecule has 0 spiro atoms. The lowest BCUT2D eigenvalue weighted by Gasteiger charge is -2.36. The van der Waals surface area contributed by atoms with Gasteiger partial charge < -0.3 is 33.7 Å². The molecule has 0 aromatic rings. The third-order valence-electron chi connectivity index (χ3n) is 4.77. The van der Waals surface area contributed by atoms with E-state index in [0.717, 1.165) is 0 Å². The second-order valence-corrected chi connectivity index (χ2v) is 5.90. The van der Waals surface area contributed by atoms with Gasteiger partial charge in [0.15, 0.2) is 0 Å². The normalized spacial score (nSPS) is 34.4. The van der Waals surface area contributed by atoms with E-state index in [1.807, 2.05) is 0 Å². The van der Waals surface area contributed by atoms with Gasteiger partial charge in [-0.15, -0.1) is 0 Å². The molecule has 25 heavy (non-hydrogen) atoms. The number of esters is 1. The maximum atomic E-state index is 12.0. The van der Waals surface area contributed by atoms with Crippen LogP contribution in [0.2, 0.25) is 0 Å². The van der Waals surface area contributed by atoms with E-state index in [4.69, 9.17) is 23.7 Å². The van der Waals surface area contributed by atoms with Gasteiger partial charge >= 0.3 is 18.2 Å². The van der Waals surface area contributed by atoms with Gasteiger partial charge in [0.2, 0.25) is 0 Å². The Morgan fingerprint density at radius 2 is 2.08 bits per heavy atom. The van der Waals surface area contributed by atoms with Gasteiger partial charge in [-0.3, -0.25) is 0 Å². The molecule has 1 saturated heterocycles. The van der Waals surface area contributed by atoms with Gasteiger partial charge in [-0.25, -0.2) is 14.4 Å². The van der Waals surface area contributed by atoms with Gasteiger partial charge in [-0.2, -0.15) is 0 Å². The van der Waals surface area contributed by atoms with Crippen molar-refractivity contribution in [3.8, 4) is 0 Å². The van der Waals surface area contributed by atoms with Crippen LogP contribution >= 0.6 is 0 Å². The fourth-order valence-corrected chi connectivity index (χ4v) is 3.58. The Bertz CT molecular complexity index is 618. The Morgan fingerprint density at radius 1 is 1.32 bits per heavy atom. The van der Waals surface area contributed by atoms with Crippen molar-refractivity contribution in [3.63, 3.8) is 0 Å². The van der Waals surface area contributed by atoms with Crippen molar-refractivity contribution in [1.29, 1.82) is 0 Å². The Kier molecular flexibility index (Phi) is 4.46. The summed E-state index contributed by atoms with van der Waals surface area (Å²) < 4.78 is 30.7. The van der Waals surface area contributed by atoms with E-state index in [0.29, 0.717) is 12.0 Å². The molecule has 10 nitrogen and oxygen atoms in total. The number of nitrogens with one attached hydrogen (secondary N) is 1. The van der Waals surface area contributed by atoms with Gasteiger partial charge in [-0.05, 0) is 6.42 Å². The Balaban J connectivity index is 1.84. The molecule has 0 bridgehead atoms. The topological polar surface area (TPSA) is 122 Å². The van der Waals surface area contributed by atoms with E-state index in [9.17, 15) is 14.4 Å². The molecule has 3 aliphatic rings. The lowest BCUT2D eigenvalue weighted by molar-refractivity contribution is -0.154. The van der Waals surface area contributed by atoms with Crippen LogP contribution in [0.1, 0.15) is 6.42 Å². The Labute approximate surface area is 143 Å². The van der Waals surface area contributed by atoms with Crippen molar-refractivity contribution in [2.45, 2.75) is 24.4 Å². The van der Waals surface area contributed by atoms with E-state index in [1.165, 1.54) is 27.5 Å². The summed E-state index contributed by atoms with van der Waals surface area (Å²) in [7, 11) is 3.88. The van der Waals surface area contributed by atoms with E-state index in [-0.39, 0.29) is 18.6 Å². The summed E-state index contributed by atoms with van der Waals surface area (Å²) in [6.07, 6.45) is -1.04. The van der Waals surface area contributed by atoms with Crippen molar-refractivity contribution < 1.29 is 42.8 Å². The number of carbonyl (C=O) groups is 3. The molecular weight excluding hydrogens is 338 g/mol. The standard InChI is InChI=1S/C15H19NO9/c1-16-13(18)24-12-10-7(8(5-22-12)11(17)20-2)4-9-15(10,25-9)6-23-14(19)21-3/h5,7,9-10,12H,4,6H2,1-3H3,(H,16,18). The van der Waals surface area contributed by atoms with Gasteiger partial charge in [0.1, 0.15) is 12.2 Å². The smallest absolute Gasteiger partial charge is 0.466 e. The highest BCUT2D eigenvalue weighted by molar-refractivity contribution is 5.89. The van der Waals surface area contributed by atoms with Crippen LogP contribution in [0.5, 0.6) is 0 Å².